The molecule has 0 spiro atoms. The quantitative estimate of drug-likeness (QED) is 0.800. The Bertz CT molecular complexity index is 680. The summed E-state index contributed by atoms with van der Waals surface area (Å²) >= 11 is 0. The number of aromatic nitrogens is 3. The highest BCUT2D eigenvalue weighted by Crippen LogP contribution is 2.23. The molecule has 26 heavy (non-hydrogen) atoms. The molecule has 0 radical (unpaired) electrons. The smallest absolute Gasteiger partial charge is 0.320 e. The van der Waals surface area contributed by atoms with Gasteiger partial charge in [0.2, 0.25) is 0 Å². The number of carbonyl (C=O) groups excluding carboxylic acids is 1. The van der Waals surface area contributed by atoms with E-state index in [-0.39, 0.29) is 12.1 Å². The molecule has 1 fully saturated rings. The van der Waals surface area contributed by atoms with Crippen molar-refractivity contribution in [3.05, 3.63) is 42.4 Å². The molecule has 2 amide bonds. The van der Waals surface area contributed by atoms with E-state index in [1.165, 1.54) is 19.3 Å². The number of carbonyl (C=O) groups is 1. The van der Waals surface area contributed by atoms with Gasteiger partial charge in [0.25, 0.3) is 0 Å². The van der Waals surface area contributed by atoms with Crippen molar-refractivity contribution >= 4 is 11.8 Å². The molecule has 1 aliphatic heterocycles. The van der Waals surface area contributed by atoms with Crippen molar-refractivity contribution in [1.29, 1.82) is 0 Å². The third-order valence-electron chi connectivity index (χ3n) is 4.75. The Morgan fingerprint density at radius 1 is 1.23 bits per heavy atom. The van der Waals surface area contributed by atoms with Gasteiger partial charge in [-0.1, -0.05) is 19.4 Å². The zero-order chi connectivity index (χ0) is 18.2. The average Bonchev–Trinajstić information content (AvgIpc) is 3.11. The van der Waals surface area contributed by atoms with E-state index < -0.39 is 0 Å². The van der Waals surface area contributed by atoms with Crippen LogP contribution in [0.4, 0.5) is 10.6 Å². The van der Waals surface area contributed by atoms with Crippen LogP contribution in [-0.2, 0) is 6.54 Å². The van der Waals surface area contributed by atoms with E-state index in [1.54, 1.807) is 12.4 Å². The van der Waals surface area contributed by atoms with Gasteiger partial charge in [0.05, 0.1) is 12.2 Å². The topological polar surface area (TPSA) is 75.1 Å². The Morgan fingerprint density at radius 3 is 2.81 bits per heavy atom. The Labute approximate surface area is 154 Å². The lowest BCUT2D eigenvalue weighted by Gasteiger charge is -2.34. The lowest BCUT2D eigenvalue weighted by atomic mass is 10.0. The number of piperidine rings is 1. The maximum absolute atomic E-state index is 12.4. The lowest BCUT2D eigenvalue weighted by Crippen LogP contribution is -2.42. The van der Waals surface area contributed by atoms with Crippen molar-refractivity contribution in [2.45, 2.75) is 45.2 Å². The maximum atomic E-state index is 12.4. The van der Waals surface area contributed by atoms with Crippen LogP contribution in [0.1, 0.15) is 44.2 Å². The van der Waals surface area contributed by atoms with Crippen molar-refractivity contribution in [3.63, 3.8) is 0 Å². The highest BCUT2D eigenvalue weighted by Gasteiger charge is 2.23. The van der Waals surface area contributed by atoms with Gasteiger partial charge in [-0.2, -0.15) is 5.10 Å². The second-order valence-corrected chi connectivity index (χ2v) is 6.67. The van der Waals surface area contributed by atoms with Crippen LogP contribution < -0.4 is 10.6 Å². The second kappa shape index (κ2) is 9.33. The van der Waals surface area contributed by atoms with E-state index >= 15 is 0 Å². The second-order valence-electron chi connectivity index (χ2n) is 6.67. The summed E-state index contributed by atoms with van der Waals surface area (Å²) in [6, 6.07) is 5.81. The molecular formula is C19H28N6O. The Hall–Kier alpha value is -2.41. The van der Waals surface area contributed by atoms with Crippen molar-refractivity contribution in [2.75, 3.05) is 25.0 Å². The van der Waals surface area contributed by atoms with Crippen molar-refractivity contribution < 1.29 is 4.79 Å². The molecule has 1 atom stereocenters. The molecule has 3 heterocycles. The van der Waals surface area contributed by atoms with Crippen LogP contribution in [0.25, 0.3) is 0 Å². The summed E-state index contributed by atoms with van der Waals surface area (Å²) in [5, 5.41) is 10.2. The molecule has 0 saturated carbocycles. The number of amides is 2. The average molecular weight is 356 g/mol. The molecule has 2 aromatic rings. The number of pyridine rings is 1. The number of nitrogens with one attached hydrogen (secondary N) is 2. The van der Waals surface area contributed by atoms with Gasteiger partial charge in [0.15, 0.2) is 0 Å². The standard InChI is InChI=1S/C19H28N6O/c1-2-11-25-18(8-10-22-25)23-19(26)21-15-17(16-7-6-9-20-14-16)24-12-4-3-5-13-24/h6-10,14,17H,2-5,11-13,15H2,1H3,(H2,21,23,26). The molecule has 0 aromatic carbocycles. The fourth-order valence-electron chi connectivity index (χ4n) is 3.44. The molecule has 3 rings (SSSR count). The van der Waals surface area contributed by atoms with E-state index in [4.69, 9.17) is 0 Å². The summed E-state index contributed by atoms with van der Waals surface area (Å²) in [5.74, 6) is 0.722. The minimum absolute atomic E-state index is 0.148. The van der Waals surface area contributed by atoms with E-state index in [1.807, 2.05) is 23.0 Å². The first-order valence-electron chi connectivity index (χ1n) is 9.48. The van der Waals surface area contributed by atoms with Gasteiger partial charge in [0, 0.05) is 31.5 Å². The normalized spacial score (nSPS) is 16.2. The van der Waals surface area contributed by atoms with Gasteiger partial charge in [-0.3, -0.25) is 15.2 Å². The van der Waals surface area contributed by atoms with E-state index in [9.17, 15) is 4.79 Å². The molecule has 7 heteroatoms. The Balaban J connectivity index is 1.61. The van der Waals surface area contributed by atoms with Gasteiger partial charge in [-0.25, -0.2) is 9.48 Å². The minimum atomic E-state index is -0.200. The summed E-state index contributed by atoms with van der Waals surface area (Å²) in [7, 11) is 0. The van der Waals surface area contributed by atoms with Crippen LogP contribution in [0.2, 0.25) is 0 Å². The number of urea groups is 1. The summed E-state index contributed by atoms with van der Waals surface area (Å²) < 4.78 is 1.81. The molecule has 0 aliphatic carbocycles. The minimum Gasteiger partial charge on any atom is -0.336 e. The van der Waals surface area contributed by atoms with Crippen LogP contribution in [-0.4, -0.2) is 45.3 Å². The zero-order valence-corrected chi connectivity index (χ0v) is 15.4. The largest absolute Gasteiger partial charge is 0.336 e. The maximum Gasteiger partial charge on any atom is 0.320 e. The molecule has 2 N–H and O–H groups in total. The number of likely N-dealkylation sites (tertiary alicyclic amines) is 1. The number of hydrogen-bond donors (Lipinski definition) is 2. The van der Waals surface area contributed by atoms with Gasteiger partial charge < -0.3 is 5.32 Å². The fourth-order valence-corrected chi connectivity index (χ4v) is 3.44. The van der Waals surface area contributed by atoms with Gasteiger partial charge >= 0.3 is 6.03 Å². The summed E-state index contributed by atoms with van der Waals surface area (Å²) in [5.41, 5.74) is 1.14. The SMILES string of the molecule is CCCn1nccc1NC(=O)NCC(c1cccnc1)N1CCCCC1. The molecule has 1 saturated heterocycles. The number of nitrogens with zero attached hydrogens (tertiary/aromatic N) is 4. The predicted octanol–water partition coefficient (Wildman–Crippen LogP) is 3.04. The van der Waals surface area contributed by atoms with Crippen molar-refractivity contribution in [1.82, 2.24) is 25.0 Å². The summed E-state index contributed by atoms with van der Waals surface area (Å²) in [4.78, 5) is 19.1. The highest BCUT2D eigenvalue weighted by atomic mass is 16.2. The summed E-state index contributed by atoms with van der Waals surface area (Å²) in [6.07, 6.45) is 10.1. The van der Waals surface area contributed by atoms with Crippen LogP contribution in [0.5, 0.6) is 0 Å². The number of rotatable bonds is 7. The number of anilines is 1. The van der Waals surface area contributed by atoms with Crippen molar-refractivity contribution in [3.8, 4) is 0 Å². The Morgan fingerprint density at radius 2 is 2.08 bits per heavy atom. The molecule has 1 unspecified atom stereocenters. The Kier molecular flexibility index (Phi) is 6.60. The number of aryl methyl sites for hydroxylation is 1. The molecule has 140 valence electrons. The molecular weight excluding hydrogens is 328 g/mol. The first-order valence-corrected chi connectivity index (χ1v) is 9.48. The van der Waals surface area contributed by atoms with Gasteiger partial charge in [0.1, 0.15) is 5.82 Å². The van der Waals surface area contributed by atoms with Crippen LogP contribution in [0.3, 0.4) is 0 Å². The summed E-state index contributed by atoms with van der Waals surface area (Å²) in [6.45, 7) is 5.55. The molecule has 7 nitrogen and oxygen atoms in total. The van der Waals surface area contributed by atoms with Crippen LogP contribution in [0, 0.1) is 0 Å². The van der Waals surface area contributed by atoms with Gasteiger partial charge in [-0.15, -0.1) is 0 Å². The third kappa shape index (κ3) is 4.82. The first kappa shape index (κ1) is 18.4. The first-order chi connectivity index (χ1) is 12.8. The fraction of sp³-hybridized carbons (Fsp3) is 0.526. The lowest BCUT2D eigenvalue weighted by molar-refractivity contribution is 0.161. The van der Waals surface area contributed by atoms with E-state index in [2.05, 4.69) is 38.6 Å². The highest BCUT2D eigenvalue weighted by molar-refractivity contribution is 5.88. The van der Waals surface area contributed by atoms with E-state index in [0.717, 1.165) is 37.4 Å². The van der Waals surface area contributed by atoms with Crippen LogP contribution in [0.15, 0.2) is 36.8 Å². The van der Waals surface area contributed by atoms with Gasteiger partial charge in [-0.05, 0) is 44.0 Å². The molecule has 1 aliphatic rings. The molecule has 0 bridgehead atoms. The molecule has 2 aromatic heterocycles. The predicted molar refractivity (Wildman–Crippen MR) is 102 cm³/mol. The zero-order valence-electron chi connectivity index (χ0n) is 15.4. The van der Waals surface area contributed by atoms with Crippen molar-refractivity contribution in [2.24, 2.45) is 0 Å². The number of hydrogen-bond acceptors (Lipinski definition) is 4. The van der Waals surface area contributed by atoms with Crippen LogP contribution >= 0.6 is 0 Å². The monoisotopic (exact) mass is 356 g/mol. The van der Waals surface area contributed by atoms with E-state index in [0.29, 0.717) is 6.54 Å². The third-order valence-corrected chi connectivity index (χ3v) is 4.75.